The maximum atomic E-state index is 5.87. The molecule has 73 valence electrons. The first-order valence-electron chi connectivity index (χ1n) is 4.65. The zero-order valence-electron chi connectivity index (χ0n) is 8.21. The number of imidazole rings is 1. The third-order valence-corrected chi connectivity index (χ3v) is 2.19. The number of aromatic nitrogens is 2. The van der Waals surface area contributed by atoms with Crippen molar-refractivity contribution < 1.29 is 0 Å². The Balaban J connectivity index is 2.41. The lowest BCUT2D eigenvalue weighted by Gasteiger charge is -1.97. The Kier molecular flexibility index (Phi) is 2.46. The molecule has 1 heterocycles. The second kappa shape index (κ2) is 3.62. The molecule has 0 aliphatic rings. The van der Waals surface area contributed by atoms with Crippen LogP contribution in [0.25, 0.3) is 11.0 Å². The van der Waals surface area contributed by atoms with E-state index in [1.807, 2.05) is 18.2 Å². The topological polar surface area (TPSA) is 28.7 Å². The van der Waals surface area contributed by atoms with Crippen LogP contribution in [0.4, 0.5) is 0 Å². The van der Waals surface area contributed by atoms with Gasteiger partial charge in [0, 0.05) is 11.4 Å². The molecule has 1 radical (unpaired) electrons. The summed E-state index contributed by atoms with van der Waals surface area (Å²) in [4.78, 5) is 7.65. The van der Waals surface area contributed by atoms with Crippen molar-refractivity contribution in [1.29, 1.82) is 0 Å². The number of halogens is 1. The summed E-state index contributed by atoms with van der Waals surface area (Å²) in [7, 11) is 0. The van der Waals surface area contributed by atoms with E-state index < -0.39 is 0 Å². The molecule has 1 aromatic heterocycles. The average molecular weight is 208 g/mol. The van der Waals surface area contributed by atoms with E-state index in [1.165, 1.54) is 0 Å². The third kappa shape index (κ3) is 1.90. The molecule has 0 aliphatic carbocycles. The fourth-order valence-electron chi connectivity index (χ4n) is 1.39. The summed E-state index contributed by atoms with van der Waals surface area (Å²) in [5, 5.41) is 0.722. The van der Waals surface area contributed by atoms with Crippen molar-refractivity contribution in [1.82, 2.24) is 9.97 Å². The molecule has 0 bridgehead atoms. The van der Waals surface area contributed by atoms with E-state index in [1.54, 1.807) is 0 Å². The summed E-state index contributed by atoms with van der Waals surface area (Å²) in [5.41, 5.74) is 1.95. The van der Waals surface area contributed by atoms with Crippen molar-refractivity contribution in [3.8, 4) is 0 Å². The van der Waals surface area contributed by atoms with Crippen molar-refractivity contribution in [2.75, 3.05) is 0 Å². The van der Waals surface area contributed by atoms with Gasteiger partial charge in [0.25, 0.3) is 0 Å². The Labute approximate surface area is 88.3 Å². The average Bonchev–Trinajstić information content (AvgIpc) is 2.44. The van der Waals surface area contributed by atoms with Crippen LogP contribution >= 0.6 is 11.6 Å². The molecule has 3 heteroatoms. The predicted molar refractivity (Wildman–Crippen MR) is 59.3 cm³/mol. The normalized spacial score (nSPS) is 11.4. The molecule has 2 nitrogen and oxygen atoms in total. The standard InChI is InChI=1S/C11H12ClN2/c1-7(2)5-11-13-9-4-3-8(12)6-10(9)14-11/h3-7H,1-2H3,(H,13,14). The van der Waals surface area contributed by atoms with Crippen LogP contribution in [0.1, 0.15) is 19.7 Å². The highest BCUT2D eigenvalue weighted by Gasteiger charge is 2.05. The third-order valence-electron chi connectivity index (χ3n) is 1.95. The molecule has 0 fully saturated rings. The van der Waals surface area contributed by atoms with Crippen LogP contribution in [0.15, 0.2) is 18.2 Å². The van der Waals surface area contributed by atoms with Crippen LogP contribution in [-0.2, 0) is 0 Å². The lowest BCUT2D eigenvalue weighted by atomic mass is 10.1. The van der Waals surface area contributed by atoms with Gasteiger partial charge in [-0.1, -0.05) is 25.4 Å². The van der Waals surface area contributed by atoms with Crippen molar-refractivity contribution >= 4 is 22.6 Å². The van der Waals surface area contributed by atoms with Gasteiger partial charge in [-0.15, -0.1) is 0 Å². The molecular weight excluding hydrogens is 196 g/mol. The molecular formula is C11H12ClN2. The summed E-state index contributed by atoms with van der Waals surface area (Å²) >= 11 is 5.87. The molecule has 1 N–H and O–H groups in total. The Morgan fingerprint density at radius 2 is 2.21 bits per heavy atom. The molecule has 0 atom stereocenters. The minimum atomic E-state index is 0.492. The predicted octanol–water partition coefficient (Wildman–Crippen LogP) is 3.42. The second-order valence-electron chi connectivity index (χ2n) is 3.69. The fraction of sp³-hybridized carbons (Fsp3) is 0.273. The minimum absolute atomic E-state index is 0.492. The van der Waals surface area contributed by atoms with Gasteiger partial charge in [0.1, 0.15) is 5.82 Å². The van der Waals surface area contributed by atoms with Crippen LogP contribution in [-0.4, -0.2) is 9.97 Å². The SMILES string of the molecule is CC(C)[CH]c1nc2cc(Cl)ccc2[nH]1. The number of fused-ring (bicyclic) bond motifs is 1. The molecule has 0 amide bonds. The highest BCUT2D eigenvalue weighted by Crippen LogP contribution is 2.18. The van der Waals surface area contributed by atoms with Crippen LogP contribution in [0.5, 0.6) is 0 Å². The first-order chi connectivity index (χ1) is 6.65. The number of aromatic amines is 1. The van der Waals surface area contributed by atoms with Crippen LogP contribution in [0, 0.1) is 12.3 Å². The maximum Gasteiger partial charge on any atom is 0.111 e. The summed E-state index contributed by atoms with van der Waals surface area (Å²) in [6, 6.07) is 5.68. The lowest BCUT2D eigenvalue weighted by molar-refractivity contribution is 0.760. The van der Waals surface area contributed by atoms with E-state index >= 15 is 0 Å². The summed E-state index contributed by atoms with van der Waals surface area (Å²) in [6.07, 6.45) is 2.09. The second-order valence-corrected chi connectivity index (χ2v) is 4.13. The van der Waals surface area contributed by atoms with Gasteiger partial charge in [-0.05, 0) is 24.1 Å². The lowest BCUT2D eigenvalue weighted by Crippen LogP contribution is -1.92. The molecule has 0 spiro atoms. The Morgan fingerprint density at radius 3 is 2.93 bits per heavy atom. The van der Waals surface area contributed by atoms with E-state index in [0.29, 0.717) is 5.92 Å². The molecule has 0 saturated heterocycles. The van der Waals surface area contributed by atoms with Crippen LogP contribution in [0.2, 0.25) is 5.02 Å². The largest absolute Gasteiger partial charge is 0.342 e. The number of rotatable bonds is 2. The molecule has 2 rings (SSSR count). The Bertz CT molecular complexity index is 445. The van der Waals surface area contributed by atoms with Crippen molar-refractivity contribution in [3.63, 3.8) is 0 Å². The zero-order valence-corrected chi connectivity index (χ0v) is 8.97. The monoisotopic (exact) mass is 207 g/mol. The van der Waals surface area contributed by atoms with E-state index in [-0.39, 0.29) is 0 Å². The smallest absolute Gasteiger partial charge is 0.111 e. The van der Waals surface area contributed by atoms with E-state index in [2.05, 4.69) is 30.2 Å². The van der Waals surface area contributed by atoms with Gasteiger partial charge in [0.2, 0.25) is 0 Å². The molecule has 14 heavy (non-hydrogen) atoms. The van der Waals surface area contributed by atoms with Gasteiger partial charge < -0.3 is 4.98 Å². The first-order valence-corrected chi connectivity index (χ1v) is 5.03. The van der Waals surface area contributed by atoms with Crippen LogP contribution < -0.4 is 0 Å². The number of nitrogens with one attached hydrogen (secondary N) is 1. The molecule has 2 aromatic rings. The van der Waals surface area contributed by atoms with E-state index in [4.69, 9.17) is 11.6 Å². The van der Waals surface area contributed by atoms with Crippen molar-refractivity contribution in [3.05, 3.63) is 35.5 Å². The van der Waals surface area contributed by atoms with E-state index in [9.17, 15) is 0 Å². The summed E-state index contributed by atoms with van der Waals surface area (Å²) in [6.45, 7) is 4.25. The number of hydrogen-bond acceptors (Lipinski definition) is 1. The van der Waals surface area contributed by atoms with Gasteiger partial charge in [-0.3, -0.25) is 0 Å². The molecule has 0 unspecified atom stereocenters. The molecule has 0 aliphatic heterocycles. The molecule has 1 aromatic carbocycles. The summed E-state index contributed by atoms with van der Waals surface area (Å²) < 4.78 is 0. The highest BCUT2D eigenvalue weighted by atomic mass is 35.5. The van der Waals surface area contributed by atoms with Gasteiger partial charge in [-0.25, -0.2) is 4.98 Å². The first kappa shape index (κ1) is 9.53. The number of nitrogens with zero attached hydrogens (tertiary/aromatic N) is 1. The van der Waals surface area contributed by atoms with Gasteiger partial charge in [-0.2, -0.15) is 0 Å². The number of H-pyrrole nitrogens is 1. The van der Waals surface area contributed by atoms with Gasteiger partial charge in [0.05, 0.1) is 11.0 Å². The van der Waals surface area contributed by atoms with Crippen LogP contribution in [0.3, 0.4) is 0 Å². The van der Waals surface area contributed by atoms with Gasteiger partial charge >= 0.3 is 0 Å². The minimum Gasteiger partial charge on any atom is -0.342 e. The molecule has 0 saturated carbocycles. The van der Waals surface area contributed by atoms with Crippen molar-refractivity contribution in [2.24, 2.45) is 5.92 Å². The maximum absolute atomic E-state index is 5.87. The highest BCUT2D eigenvalue weighted by molar-refractivity contribution is 6.31. The number of benzene rings is 1. The zero-order chi connectivity index (χ0) is 10.1. The van der Waals surface area contributed by atoms with Gasteiger partial charge in [0.15, 0.2) is 0 Å². The quantitative estimate of drug-likeness (QED) is 0.803. The van der Waals surface area contributed by atoms with E-state index in [0.717, 1.165) is 21.9 Å². The number of hydrogen-bond donors (Lipinski definition) is 1. The summed E-state index contributed by atoms with van der Waals surface area (Å²) in [5.74, 6) is 1.41. The Morgan fingerprint density at radius 1 is 1.43 bits per heavy atom. The van der Waals surface area contributed by atoms with Crippen molar-refractivity contribution in [2.45, 2.75) is 13.8 Å². The Hall–Kier alpha value is -1.02. The fourth-order valence-corrected chi connectivity index (χ4v) is 1.56.